The van der Waals surface area contributed by atoms with Gasteiger partial charge in [-0.25, -0.2) is 0 Å². The first-order chi connectivity index (χ1) is 8.81. The number of hydrogen-bond donors (Lipinski definition) is 1. The summed E-state index contributed by atoms with van der Waals surface area (Å²) >= 11 is 0. The molecule has 0 heterocycles. The molecule has 1 nitrogen and oxygen atoms in total. The maximum atomic E-state index is 6.29. The average molecular weight is 235 g/mol. The topological polar surface area (TPSA) is 26.0 Å². The van der Waals surface area contributed by atoms with E-state index in [9.17, 15) is 0 Å². The molecular weight excluding hydrogens is 218 g/mol. The van der Waals surface area contributed by atoms with Crippen molar-refractivity contribution in [1.29, 1.82) is 0 Å². The molecule has 0 aliphatic heterocycles. The normalized spacial score (nSPS) is 32.1. The van der Waals surface area contributed by atoms with Crippen LogP contribution in [0.25, 0.3) is 6.08 Å². The molecule has 2 N–H and O–H groups in total. The Morgan fingerprint density at radius 1 is 1.17 bits per heavy atom. The summed E-state index contributed by atoms with van der Waals surface area (Å²) in [7, 11) is 0. The third-order valence-electron chi connectivity index (χ3n) is 4.79. The number of allylic oxidation sites excluding steroid dienone is 4. The smallest absolute Gasteiger partial charge is 0.0376 e. The first kappa shape index (κ1) is 10.2. The highest BCUT2D eigenvalue weighted by molar-refractivity contribution is 5.70. The van der Waals surface area contributed by atoms with Crippen LogP contribution in [0.4, 0.5) is 0 Å². The van der Waals surface area contributed by atoms with Gasteiger partial charge in [0.15, 0.2) is 0 Å². The second-order valence-corrected chi connectivity index (χ2v) is 5.63. The zero-order valence-corrected chi connectivity index (χ0v) is 10.4. The molecule has 1 spiro atoms. The zero-order valence-electron chi connectivity index (χ0n) is 10.4. The van der Waals surface area contributed by atoms with Crippen molar-refractivity contribution in [3.05, 3.63) is 64.9 Å². The lowest BCUT2D eigenvalue weighted by atomic mass is 9.74. The number of fused-ring (bicyclic) bond motifs is 4. The number of rotatable bonds is 0. The van der Waals surface area contributed by atoms with Gasteiger partial charge in [0.2, 0.25) is 0 Å². The van der Waals surface area contributed by atoms with Crippen molar-refractivity contribution in [2.75, 3.05) is 0 Å². The molecule has 1 fully saturated rings. The molecule has 0 saturated heterocycles. The fraction of sp³-hybridized carbons (Fsp3) is 0.294. The van der Waals surface area contributed by atoms with Gasteiger partial charge in [-0.1, -0.05) is 42.5 Å². The molecule has 1 heteroatoms. The summed E-state index contributed by atoms with van der Waals surface area (Å²) in [4.78, 5) is 0. The Morgan fingerprint density at radius 2 is 2.06 bits per heavy atom. The van der Waals surface area contributed by atoms with E-state index in [4.69, 9.17) is 5.73 Å². The fourth-order valence-corrected chi connectivity index (χ4v) is 4.05. The van der Waals surface area contributed by atoms with Crippen LogP contribution in [0, 0.1) is 5.92 Å². The zero-order chi connectivity index (χ0) is 12.2. The van der Waals surface area contributed by atoms with Crippen molar-refractivity contribution in [2.45, 2.75) is 24.7 Å². The quantitative estimate of drug-likeness (QED) is 0.731. The molecule has 4 rings (SSSR count). The molecule has 1 aromatic rings. The highest BCUT2D eigenvalue weighted by atomic mass is 14.6. The number of nitrogens with two attached hydrogens (primary N) is 1. The van der Waals surface area contributed by atoms with Crippen LogP contribution in [0.2, 0.25) is 0 Å². The van der Waals surface area contributed by atoms with Crippen molar-refractivity contribution in [2.24, 2.45) is 11.7 Å². The van der Waals surface area contributed by atoms with E-state index in [1.807, 2.05) is 0 Å². The van der Waals surface area contributed by atoms with Crippen molar-refractivity contribution in [3.8, 4) is 0 Å². The summed E-state index contributed by atoms with van der Waals surface area (Å²) in [5, 5.41) is 0. The lowest BCUT2D eigenvalue weighted by Crippen LogP contribution is -2.25. The molecule has 2 unspecified atom stereocenters. The maximum absolute atomic E-state index is 6.29. The highest BCUT2D eigenvalue weighted by Crippen LogP contribution is 2.56. The number of hydrogen-bond acceptors (Lipinski definition) is 1. The Morgan fingerprint density at radius 3 is 3.00 bits per heavy atom. The predicted octanol–water partition coefficient (Wildman–Crippen LogP) is 3.53. The van der Waals surface area contributed by atoms with E-state index in [1.165, 1.54) is 29.5 Å². The Balaban J connectivity index is 1.97. The van der Waals surface area contributed by atoms with Gasteiger partial charge >= 0.3 is 0 Å². The van der Waals surface area contributed by atoms with Gasteiger partial charge in [-0.05, 0) is 48.0 Å². The summed E-state index contributed by atoms with van der Waals surface area (Å²) in [5.41, 5.74) is 11.7. The van der Waals surface area contributed by atoms with Crippen LogP contribution in [-0.4, -0.2) is 0 Å². The van der Waals surface area contributed by atoms with E-state index in [0.717, 1.165) is 12.1 Å². The summed E-state index contributed by atoms with van der Waals surface area (Å²) in [6.07, 6.45) is 12.6. The average Bonchev–Trinajstić information content (AvgIpc) is 2.95. The van der Waals surface area contributed by atoms with Gasteiger partial charge in [0, 0.05) is 11.1 Å². The van der Waals surface area contributed by atoms with Gasteiger partial charge in [0.05, 0.1) is 0 Å². The van der Waals surface area contributed by atoms with Gasteiger partial charge in [-0.2, -0.15) is 0 Å². The van der Waals surface area contributed by atoms with Crippen molar-refractivity contribution >= 4 is 6.08 Å². The Labute approximate surface area is 108 Å². The molecule has 18 heavy (non-hydrogen) atoms. The molecule has 0 bridgehead atoms. The Bertz CT molecular complexity index is 606. The summed E-state index contributed by atoms with van der Waals surface area (Å²) in [5.74, 6) is 0.658. The van der Waals surface area contributed by atoms with E-state index in [1.54, 1.807) is 0 Å². The maximum Gasteiger partial charge on any atom is 0.0376 e. The summed E-state index contributed by atoms with van der Waals surface area (Å²) in [6, 6.07) is 8.75. The molecule has 0 radical (unpaired) electrons. The SMILES string of the molecule is NC1=C2C(CC=C1)CCC21C=Cc2ccccc21. The largest absolute Gasteiger partial charge is 0.399 e. The minimum Gasteiger partial charge on any atom is -0.399 e. The fourth-order valence-electron chi connectivity index (χ4n) is 4.05. The highest BCUT2D eigenvalue weighted by Gasteiger charge is 2.47. The molecular formula is C17H17N. The lowest BCUT2D eigenvalue weighted by Gasteiger charge is -2.30. The summed E-state index contributed by atoms with van der Waals surface area (Å²) < 4.78 is 0. The molecule has 0 amide bonds. The van der Waals surface area contributed by atoms with Gasteiger partial charge in [-0.3, -0.25) is 0 Å². The van der Waals surface area contributed by atoms with Crippen molar-refractivity contribution in [3.63, 3.8) is 0 Å². The van der Waals surface area contributed by atoms with Crippen LogP contribution in [0.1, 0.15) is 30.4 Å². The Hall–Kier alpha value is -1.76. The first-order valence-electron chi connectivity index (χ1n) is 6.77. The van der Waals surface area contributed by atoms with Gasteiger partial charge in [0.25, 0.3) is 0 Å². The summed E-state index contributed by atoms with van der Waals surface area (Å²) in [6.45, 7) is 0. The second-order valence-electron chi connectivity index (χ2n) is 5.63. The van der Waals surface area contributed by atoms with Gasteiger partial charge in [0.1, 0.15) is 0 Å². The van der Waals surface area contributed by atoms with Crippen LogP contribution in [0.3, 0.4) is 0 Å². The van der Waals surface area contributed by atoms with Crippen LogP contribution >= 0.6 is 0 Å². The lowest BCUT2D eigenvalue weighted by molar-refractivity contribution is 0.627. The van der Waals surface area contributed by atoms with E-state index >= 15 is 0 Å². The number of benzene rings is 1. The van der Waals surface area contributed by atoms with Crippen LogP contribution in [-0.2, 0) is 5.41 Å². The minimum atomic E-state index is 0.107. The third kappa shape index (κ3) is 1.12. The van der Waals surface area contributed by atoms with E-state index in [-0.39, 0.29) is 5.41 Å². The molecule has 3 aliphatic carbocycles. The van der Waals surface area contributed by atoms with E-state index in [2.05, 4.69) is 48.6 Å². The first-order valence-corrected chi connectivity index (χ1v) is 6.77. The van der Waals surface area contributed by atoms with Crippen LogP contribution in [0.5, 0.6) is 0 Å². The van der Waals surface area contributed by atoms with Crippen molar-refractivity contribution < 1.29 is 0 Å². The molecule has 1 saturated carbocycles. The third-order valence-corrected chi connectivity index (χ3v) is 4.79. The molecule has 0 aromatic heterocycles. The van der Waals surface area contributed by atoms with E-state index < -0.39 is 0 Å². The monoisotopic (exact) mass is 235 g/mol. The molecule has 90 valence electrons. The van der Waals surface area contributed by atoms with Crippen LogP contribution < -0.4 is 5.73 Å². The molecule has 1 aromatic carbocycles. The standard InChI is InChI=1S/C17H17N/c18-15-7-3-5-13-9-11-17(16(13)15)10-8-12-4-1-2-6-14(12)17/h1-4,6-8,10,13H,5,9,11,18H2. The van der Waals surface area contributed by atoms with Crippen molar-refractivity contribution in [1.82, 2.24) is 0 Å². The minimum absolute atomic E-state index is 0.107. The molecule has 3 aliphatic rings. The van der Waals surface area contributed by atoms with E-state index in [0.29, 0.717) is 5.92 Å². The predicted molar refractivity (Wildman–Crippen MR) is 74.8 cm³/mol. The molecule has 2 atom stereocenters. The van der Waals surface area contributed by atoms with Gasteiger partial charge < -0.3 is 5.73 Å². The Kier molecular flexibility index (Phi) is 1.91. The van der Waals surface area contributed by atoms with Gasteiger partial charge in [-0.15, -0.1) is 0 Å². The second kappa shape index (κ2) is 3.38. The van der Waals surface area contributed by atoms with Crippen LogP contribution in [0.15, 0.2) is 53.8 Å².